The van der Waals surface area contributed by atoms with Crippen LogP contribution >= 0.6 is 0 Å². The van der Waals surface area contributed by atoms with E-state index in [-0.39, 0.29) is 11.8 Å². The number of ether oxygens (including phenoxy) is 2. The quantitative estimate of drug-likeness (QED) is 0.776. The van der Waals surface area contributed by atoms with E-state index in [1.54, 1.807) is 25.1 Å². The average molecular weight is 354 g/mol. The van der Waals surface area contributed by atoms with Gasteiger partial charge in [0.15, 0.2) is 0 Å². The summed E-state index contributed by atoms with van der Waals surface area (Å²) < 4.78 is 10.7. The molecular formula is C20H22N2O4. The molecule has 1 heterocycles. The molecule has 3 rings (SSSR count). The van der Waals surface area contributed by atoms with E-state index in [1.807, 2.05) is 36.4 Å². The normalized spacial score (nSPS) is 12.7. The maximum atomic E-state index is 12.1. The molecule has 0 radical (unpaired) electrons. The molecule has 0 atom stereocenters. The Morgan fingerprint density at radius 3 is 2.62 bits per heavy atom. The van der Waals surface area contributed by atoms with Crippen LogP contribution in [0.2, 0.25) is 0 Å². The molecule has 0 unspecified atom stereocenters. The van der Waals surface area contributed by atoms with Gasteiger partial charge in [-0.05, 0) is 48.4 Å². The summed E-state index contributed by atoms with van der Waals surface area (Å²) in [5.41, 5.74) is 2.30. The summed E-state index contributed by atoms with van der Waals surface area (Å²) in [5.74, 6) is 1.41. The molecule has 0 saturated carbocycles. The van der Waals surface area contributed by atoms with Gasteiger partial charge in [0.1, 0.15) is 11.5 Å². The van der Waals surface area contributed by atoms with Crippen molar-refractivity contribution in [2.45, 2.75) is 19.4 Å². The maximum absolute atomic E-state index is 12.1. The fourth-order valence-electron chi connectivity index (χ4n) is 2.84. The highest BCUT2D eigenvalue weighted by Gasteiger charge is 2.24. The second kappa shape index (κ2) is 7.91. The summed E-state index contributed by atoms with van der Waals surface area (Å²) in [4.78, 5) is 25.7. The van der Waals surface area contributed by atoms with Crippen molar-refractivity contribution in [3.63, 3.8) is 0 Å². The van der Waals surface area contributed by atoms with Crippen LogP contribution in [-0.2, 0) is 11.3 Å². The zero-order valence-electron chi connectivity index (χ0n) is 15.0. The molecule has 0 spiro atoms. The minimum absolute atomic E-state index is 0.0102. The smallest absolute Gasteiger partial charge is 0.254 e. The van der Waals surface area contributed by atoms with E-state index >= 15 is 0 Å². The molecule has 136 valence electrons. The van der Waals surface area contributed by atoms with Gasteiger partial charge < -0.3 is 19.7 Å². The molecule has 26 heavy (non-hydrogen) atoms. The van der Waals surface area contributed by atoms with Crippen LogP contribution in [0.1, 0.15) is 28.8 Å². The summed E-state index contributed by atoms with van der Waals surface area (Å²) in [7, 11) is 3.38. The number of anilines is 1. The first-order chi connectivity index (χ1) is 12.6. The number of methoxy groups -OCH3 is 1. The summed E-state index contributed by atoms with van der Waals surface area (Å²) in [5, 5.41) is 2.84. The van der Waals surface area contributed by atoms with Crippen molar-refractivity contribution in [2.75, 3.05) is 26.1 Å². The Morgan fingerprint density at radius 2 is 1.88 bits per heavy atom. The second-order valence-corrected chi connectivity index (χ2v) is 6.21. The number of nitrogens with one attached hydrogen (secondary N) is 1. The summed E-state index contributed by atoms with van der Waals surface area (Å²) in [6, 6.07) is 12.8. The van der Waals surface area contributed by atoms with Crippen molar-refractivity contribution in [1.82, 2.24) is 4.90 Å². The third kappa shape index (κ3) is 4.14. The van der Waals surface area contributed by atoms with Crippen LogP contribution < -0.4 is 14.8 Å². The second-order valence-electron chi connectivity index (χ2n) is 6.21. The van der Waals surface area contributed by atoms with Crippen LogP contribution in [-0.4, -0.2) is 37.5 Å². The van der Waals surface area contributed by atoms with Crippen LogP contribution in [0.4, 0.5) is 5.69 Å². The maximum Gasteiger partial charge on any atom is 0.254 e. The van der Waals surface area contributed by atoms with Crippen molar-refractivity contribution in [2.24, 2.45) is 0 Å². The highest BCUT2D eigenvalue weighted by molar-refractivity contribution is 6.00. The molecule has 6 heteroatoms. The highest BCUT2D eigenvalue weighted by atomic mass is 16.5. The Morgan fingerprint density at radius 1 is 1.15 bits per heavy atom. The van der Waals surface area contributed by atoms with E-state index in [1.165, 1.54) is 0 Å². The monoisotopic (exact) mass is 354 g/mol. The molecule has 0 aromatic heterocycles. The van der Waals surface area contributed by atoms with Crippen LogP contribution in [0.5, 0.6) is 11.5 Å². The Labute approximate surface area is 152 Å². The first kappa shape index (κ1) is 17.8. The molecule has 1 N–H and O–H groups in total. The molecule has 0 bridgehead atoms. The van der Waals surface area contributed by atoms with E-state index in [9.17, 15) is 9.59 Å². The molecule has 1 aliphatic heterocycles. The predicted molar refractivity (Wildman–Crippen MR) is 98.6 cm³/mol. The molecular weight excluding hydrogens is 332 g/mol. The van der Waals surface area contributed by atoms with Gasteiger partial charge in [-0.25, -0.2) is 0 Å². The lowest BCUT2D eigenvalue weighted by Gasteiger charge is -2.08. The Kier molecular flexibility index (Phi) is 5.41. The fraction of sp³-hybridized carbons (Fsp3) is 0.300. The summed E-state index contributed by atoms with van der Waals surface area (Å²) in [6.45, 7) is 1.07. The zero-order valence-corrected chi connectivity index (χ0v) is 15.0. The predicted octanol–water partition coefficient (Wildman–Crippen LogP) is 3.08. The fourth-order valence-corrected chi connectivity index (χ4v) is 2.84. The zero-order chi connectivity index (χ0) is 18.5. The van der Waals surface area contributed by atoms with Gasteiger partial charge in [-0.2, -0.15) is 0 Å². The third-order valence-electron chi connectivity index (χ3n) is 4.25. The van der Waals surface area contributed by atoms with Gasteiger partial charge in [-0.15, -0.1) is 0 Å². The number of amides is 2. The van der Waals surface area contributed by atoms with Gasteiger partial charge in [-0.1, -0.05) is 6.07 Å². The van der Waals surface area contributed by atoms with E-state index < -0.39 is 0 Å². The molecule has 1 aliphatic rings. The van der Waals surface area contributed by atoms with Crippen LogP contribution in [0.15, 0.2) is 42.5 Å². The van der Waals surface area contributed by atoms with E-state index in [2.05, 4.69) is 5.32 Å². The molecule has 2 aromatic carbocycles. The van der Waals surface area contributed by atoms with E-state index in [4.69, 9.17) is 9.47 Å². The first-order valence-electron chi connectivity index (χ1n) is 8.52. The number of fused-ring (bicyclic) bond motifs is 1. The molecule has 0 aliphatic carbocycles. The Bertz CT molecular complexity index is 802. The largest absolute Gasteiger partial charge is 0.497 e. The third-order valence-corrected chi connectivity index (χ3v) is 4.25. The molecule has 0 saturated heterocycles. The SMILES string of the molecule is COc1ccc(OCCCC(=O)Nc2ccc3c(c2)C(=O)N(C)C3)cc1. The van der Waals surface area contributed by atoms with Crippen molar-refractivity contribution in [3.05, 3.63) is 53.6 Å². The van der Waals surface area contributed by atoms with Gasteiger partial charge in [0.05, 0.1) is 13.7 Å². The van der Waals surface area contributed by atoms with Crippen molar-refractivity contribution in [1.29, 1.82) is 0 Å². The average Bonchev–Trinajstić information content (AvgIpc) is 2.93. The van der Waals surface area contributed by atoms with Gasteiger partial charge in [0.25, 0.3) is 5.91 Å². The van der Waals surface area contributed by atoms with Crippen molar-refractivity contribution >= 4 is 17.5 Å². The highest BCUT2D eigenvalue weighted by Crippen LogP contribution is 2.24. The molecule has 2 amide bonds. The van der Waals surface area contributed by atoms with Crippen LogP contribution in [0, 0.1) is 0 Å². The Hall–Kier alpha value is -3.02. The minimum atomic E-state index is -0.0953. The number of nitrogens with zero attached hydrogens (tertiary/aromatic N) is 1. The lowest BCUT2D eigenvalue weighted by Crippen LogP contribution is -2.17. The van der Waals surface area contributed by atoms with Gasteiger partial charge in [0, 0.05) is 31.3 Å². The molecule has 6 nitrogen and oxygen atoms in total. The van der Waals surface area contributed by atoms with E-state index in [0.717, 1.165) is 17.1 Å². The lowest BCUT2D eigenvalue weighted by atomic mass is 10.1. The summed E-state index contributed by atoms with van der Waals surface area (Å²) >= 11 is 0. The van der Waals surface area contributed by atoms with Crippen molar-refractivity contribution in [3.8, 4) is 11.5 Å². The van der Waals surface area contributed by atoms with Gasteiger partial charge in [-0.3, -0.25) is 9.59 Å². The number of carbonyl (C=O) groups excluding carboxylic acids is 2. The number of carbonyl (C=O) groups is 2. The van der Waals surface area contributed by atoms with Gasteiger partial charge >= 0.3 is 0 Å². The minimum Gasteiger partial charge on any atom is -0.497 e. The number of benzene rings is 2. The van der Waals surface area contributed by atoms with Crippen LogP contribution in [0.3, 0.4) is 0 Å². The topological polar surface area (TPSA) is 67.9 Å². The van der Waals surface area contributed by atoms with Crippen molar-refractivity contribution < 1.29 is 19.1 Å². The number of hydrogen-bond donors (Lipinski definition) is 1. The lowest BCUT2D eigenvalue weighted by molar-refractivity contribution is -0.116. The number of rotatable bonds is 7. The standard InChI is InChI=1S/C20H22N2O4/c1-22-13-14-5-6-15(12-18(14)20(22)24)21-19(23)4-3-11-26-17-9-7-16(25-2)8-10-17/h5-10,12H,3-4,11,13H2,1-2H3,(H,21,23). The number of hydrogen-bond acceptors (Lipinski definition) is 4. The first-order valence-corrected chi connectivity index (χ1v) is 8.52. The van der Waals surface area contributed by atoms with Crippen LogP contribution in [0.25, 0.3) is 0 Å². The van der Waals surface area contributed by atoms with Gasteiger partial charge in [0.2, 0.25) is 5.91 Å². The Balaban J connectivity index is 1.44. The summed E-state index contributed by atoms with van der Waals surface area (Å²) in [6.07, 6.45) is 0.950. The molecule has 2 aromatic rings. The molecule has 0 fully saturated rings. The van der Waals surface area contributed by atoms with E-state index in [0.29, 0.717) is 37.2 Å².